The van der Waals surface area contributed by atoms with Gasteiger partial charge in [0, 0.05) is 13.1 Å². The molecule has 2 aliphatic heterocycles. The van der Waals surface area contributed by atoms with Crippen molar-refractivity contribution < 1.29 is 4.74 Å². The predicted molar refractivity (Wildman–Crippen MR) is 72.9 cm³/mol. The van der Waals surface area contributed by atoms with Crippen molar-refractivity contribution in [2.45, 2.75) is 26.0 Å². The van der Waals surface area contributed by atoms with Gasteiger partial charge in [-0.25, -0.2) is 9.12 Å². The van der Waals surface area contributed by atoms with Crippen molar-refractivity contribution in [1.29, 1.82) is 0 Å². The van der Waals surface area contributed by atoms with Crippen molar-refractivity contribution in [3.8, 4) is 0 Å². The van der Waals surface area contributed by atoms with Crippen LogP contribution in [0.5, 0.6) is 0 Å². The van der Waals surface area contributed by atoms with Crippen LogP contribution < -0.4 is 4.72 Å². The minimum Gasteiger partial charge on any atom is -0.350 e. The molecule has 0 aromatic rings. The Morgan fingerprint density at radius 1 is 1.65 bits per heavy atom. The van der Waals surface area contributed by atoms with Gasteiger partial charge in [0.25, 0.3) is 0 Å². The summed E-state index contributed by atoms with van der Waals surface area (Å²) in [6.45, 7) is 7.12. The Morgan fingerprint density at radius 3 is 3.06 bits per heavy atom. The molecular weight excluding hydrogens is 234 g/mol. The minimum absolute atomic E-state index is 0.483. The fourth-order valence-electron chi connectivity index (χ4n) is 1.99. The van der Waals surface area contributed by atoms with Gasteiger partial charge < -0.3 is 9.64 Å². The first-order chi connectivity index (χ1) is 8.12. The highest BCUT2D eigenvalue weighted by Crippen LogP contribution is 2.29. The van der Waals surface area contributed by atoms with Crippen LogP contribution in [0.15, 0.2) is 16.0 Å². The van der Waals surface area contributed by atoms with Crippen LogP contribution in [0.4, 0.5) is 0 Å². The van der Waals surface area contributed by atoms with Gasteiger partial charge in [0.1, 0.15) is 0 Å². The Hall–Kier alpha value is -0.360. The lowest BCUT2D eigenvalue weighted by Crippen LogP contribution is -2.49. The number of likely N-dealkylation sites (N-methyl/N-ethyl adjacent to an activating group) is 1. The van der Waals surface area contributed by atoms with Crippen LogP contribution in [0.3, 0.4) is 0 Å². The van der Waals surface area contributed by atoms with E-state index in [1.165, 1.54) is 17.7 Å². The van der Waals surface area contributed by atoms with E-state index in [1.54, 1.807) is 0 Å². The van der Waals surface area contributed by atoms with Crippen LogP contribution in [-0.4, -0.2) is 43.6 Å². The van der Waals surface area contributed by atoms with Gasteiger partial charge in [-0.1, -0.05) is 19.9 Å². The van der Waals surface area contributed by atoms with E-state index >= 15 is 0 Å². The summed E-state index contributed by atoms with van der Waals surface area (Å²) in [6, 6.07) is 0. The molecule has 2 heterocycles. The Balaban J connectivity index is 2.11. The van der Waals surface area contributed by atoms with Crippen LogP contribution in [0, 0.1) is 5.92 Å². The third-order valence-electron chi connectivity index (χ3n) is 2.95. The molecule has 0 saturated carbocycles. The number of ether oxygens (including phenoxy) is 1. The summed E-state index contributed by atoms with van der Waals surface area (Å²) in [4.78, 5) is 2.31. The van der Waals surface area contributed by atoms with E-state index in [2.05, 4.69) is 41.0 Å². The maximum Gasteiger partial charge on any atom is 0.189 e. The zero-order valence-electron chi connectivity index (χ0n) is 10.8. The van der Waals surface area contributed by atoms with Crippen LogP contribution in [0.25, 0.3) is 0 Å². The first kappa shape index (κ1) is 13.1. The highest BCUT2D eigenvalue weighted by molar-refractivity contribution is 7.96. The quantitative estimate of drug-likeness (QED) is 0.614. The van der Waals surface area contributed by atoms with Crippen LogP contribution in [0.2, 0.25) is 0 Å². The molecule has 5 heteroatoms. The Morgan fingerprint density at radius 2 is 2.47 bits per heavy atom. The second-order valence-corrected chi connectivity index (χ2v) is 5.72. The number of nitrogens with zero attached hydrogens (tertiary/aromatic N) is 2. The second kappa shape index (κ2) is 5.52. The van der Waals surface area contributed by atoms with Crippen molar-refractivity contribution in [2.24, 2.45) is 10.3 Å². The predicted octanol–water partition coefficient (Wildman–Crippen LogP) is 1.85. The highest BCUT2D eigenvalue weighted by Gasteiger charge is 2.38. The topological polar surface area (TPSA) is 36.9 Å². The number of nitrogens with one attached hydrogen (secondary N) is 1. The molecule has 1 unspecified atom stereocenters. The fourth-order valence-corrected chi connectivity index (χ4v) is 2.62. The molecule has 1 N–H and O–H groups in total. The van der Waals surface area contributed by atoms with Crippen molar-refractivity contribution >= 4 is 18.3 Å². The molecule has 0 fully saturated rings. The van der Waals surface area contributed by atoms with Gasteiger partial charge in [-0.3, -0.25) is 0 Å². The molecule has 0 aliphatic carbocycles. The summed E-state index contributed by atoms with van der Waals surface area (Å²) in [5, 5.41) is 0. The average Bonchev–Trinajstić information content (AvgIpc) is 2.76. The summed E-state index contributed by atoms with van der Waals surface area (Å²) in [5.41, 5.74) is 0.796. The van der Waals surface area contributed by atoms with Crippen LogP contribution in [0.1, 0.15) is 20.3 Å². The molecule has 0 bridgehead atoms. The Kier molecular flexibility index (Phi) is 4.25. The number of hydrogen-bond acceptors (Lipinski definition) is 5. The molecule has 96 valence electrons. The van der Waals surface area contributed by atoms with Crippen molar-refractivity contribution in [2.75, 3.05) is 26.7 Å². The van der Waals surface area contributed by atoms with E-state index in [1.807, 2.05) is 6.21 Å². The molecular formula is C12H21N3OS. The summed E-state index contributed by atoms with van der Waals surface area (Å²) in [6.07, 6.45) is 5.26. The van der Waals surface area contributed by atoms with E-state index in [-0.39, 0.29) is 0 Å². The molecule has 0 saturated heterocycles. The van der Waals surface area contributed by atoms with Gasteiger partial charge in [-0.05, 0) is 25.0 Å². The van der Waals surface area contributed by atoms with Gasteiger partial charge >= 0.3 is 0 Å². The normalized spacial score (nSPS) is 30.0. The smallest absolute Gasteiger partial charge is 0.189 e. The van der Waals surface area contributed by atoms with E-state index in [0.717, 1.165) is 26.1 Å². The van der Waals surface area contributed by atoms with E-state index in [9.17, 15) is 0 Å². The largest absolute Gasteiger partial charge is 0.350 e. The number of rotatable bonds is 4. The highest BCUT2D eigenvalue weighted by atomic mass is 32.2. The van der Waals surface area contributed by atoms with Crippen molar-refractivity contribution in [3.05, 3.63) is 11.6 Å². The summed E-state index contributed by atoms with van der Waals surface area (Å²) in [5.74, 6) is 0.523. The van der Waals surface area contributed by atoms with E-state index < -0.39 is 5.72 Å². The maximum atomic E-state index is 6.06. The lowest BCUT2D eigenvalue weighted by Gasteiger charge is -2.34. The molecule has 0 aromatic carbocycles. The van der Waals surface area contributed by atoms with Crippen LogP contribution >= 0.6 is 12.1 Å². The summed E-state index contributed by atoms with van der Waals surface area (Å²) in [7, 11) is 2.14. The van der Waals surface area contributed by atoms with Gasteiger partial charge in [-0.2, -0.15) is 0 Å². The molecule has 1 atom stereocenters. The van der Waals surface area contributed by atoms with Crippen LogP contribution in [-0.2, 0) is 4.74 Å². The third-order valence-corrected chi connectivity index (χ3v) is 3.55. The Labute approximate surface area is 108 Å². The van der Waals surface area contributed by atoms with Crippen molar-refractivity contribution in [1.82, 2.24) is 9.62 Å². The van der Waals surface area contributed by atoms with Gasteiger partial charge in [0.05, 0.1) is 25.0 Å². The van der Waals surface area contributed by atoms with E-state index in [4.69, 9.17) is 4.74 Å². The minimum atomic E-state index is -0.483. The van der Waals surface area contributed by atoms with Gasteiger partial charge in [0.2, 0.25) is 0 Å². The fraction of sp³-hybridized carbons (Fsp3) is 0.750. The van der Waals surface area contributed by atoms with Gasteiger partial charge in [-0.15, -0.1) is 0 Å². The molecule has 0 spiro atoms. The molecule has 17 heavy (non-hydrogen) atoms. The zero-order valence-corrected chi connectivity index (χ0v) is 11.6. The monoisotopic (exact) mass is 255 g/mol. The van der Waals surface area contributed by atoms with E-state index in [0.29, 0.717) is 5.92 Å². The average molecular weight is 255 g/mol. The molecule has 2 aliphatic rings. The first-order valence-corrected chi connectivity index (χ1v) is 6.89. The SMILES string of the molecule is CC(C)COC1(C2=CCCN(C)C2)C=NSN1. The standard InChI is InChI=1S/C12H21N3OS/c1-10(2)8-16-12(9-13-17-14-12)11-5-4-6-15(3)7-11/h5,9-10,14H,4,6-8H2,1-3H3. The third kappa shape index (κ3) is 3.10. The molecule has 0 radical (unpaired) electrons. The summed E-state index contributed by atoms with van der Waals surface area (Å²) >= 11 is 1.36. The molecule has 0 aromatic heterocycles. The summed E-state index contributed by atoms with van der Waals surface area (Å²) < 4.78 is 13.6. The second-order valence-electron chi connectivity index (χ2n) is 5.12. The zero-order chi connectivity index (χ0) is 12.3. The first-order valence-electron chi connectivity index (χ1n) is 6.12. The molecule has 2 rings (SSSR count). The lowest BCUT2D eigenvalue weighted by molar-refractivity contribution is 0.0120. The Bertz CT molecular complexity index is 330. The molecule has 4 nitrogen and oxygen atoms in total. The lowest BCUT2D eigenvalue weighted by atomic mass is 9.99. The van der Waals surface area contributed by atoms with Crippen molar-refractivity contribution in [3.63, 3.8) is 0 Å². The molecule has 0 amide bonds. The van der Waals surface area contributed by atoms with Gasteiger partial charge in [0.15, 0.2) is 5.72 Å². The number of hydrogen-bond donors (Lipinski definition) is 1. The maximum absolute atomic E-state index is 6.06.